The van der Waals surface area contributed by atoms with Crippen LogP contribution in [0, 0.1) is 18.3 Å². The van der Waals surface area contributed by atoms with E-state index in [1.807, 2.05) is 11.4 Å². The maximum absolute atomic E-state index is 5.61. The van der Waals surface area contributed by atoms with Crippen molar-refractivity contribution in [2.24, 2.45) is 5.92 Å². The standard InChI is InChI=1S/C8H14NPS2/c1-4-8-5-6-10(11,9(2)3)12-7-8/h1,8H,5-7H2,2-3H3. The molecule has 1 aliphatic rings. The van der Waals surface area contributed by atoms with E-state index in [-0.39, 0.29) is 0 Å². The van der Waals surface area contributed by atoms with E-state index in [1.165, 1.54) is 0 Å². The predicted octanol–water partition coefficient (Wildman–Crippen LogP) is 2.24. The van der Waals surface area contributed by atoms with Gasteiger partial charge in [0, 0.05) is 11.7 Å². The van der Waals surface area contributed by atoms with Crippen LogP contribution in [-0.4, -0.2) is 30.7 Å². The Morgan fingerprint density at radius 3 is 2.67 bits per heavy atom. The lowest BCUT2D eigenvalue weighted by molar-refractivity contribution is 0.662. The lowest BCUT2D eigenvalue weighted by Gasteiger charge is -2.33. The van der Waals surface area contributed by atoms with E-state index < -0.39 is 5.39 Å². The van der Waals surface area contributed by atoms with Gasteiger partial charge in [0.25, 0.3) is 0 Å². The molecule has 0 radical (unpaired) electrons. The molecule has 1 rings (SSSR count). The molecule has 0 aromatic rings. The maximum Gasteiger partial charge on any atom is 0.0665 e. The number of hydrogen-bond donors (Lipinski definition) is 0. The fraction of sp³-hybridized carbons (Fsp3) is 0.750. The highest BCUT2D eigenvalue weighted by Crippen LogP contribution is 2.64. The summed E-state index contributed by atoms with van der Waals surface area (Å²) in [4.78, 5) is 0. The Kier molecular flexibility index (Phi) is 3.67. The lowest BCUT2D eigenvalue weighted by atomic mass is 10.1. The van der Waals surface area contributed by atoms with Crippen molar-refractivity contribution in [3.8, 4) is 12.3 Å². The highest BCUT2D eigenvalue weighted by Gasteiger charge is 2.27. The molecule has 1 aliphatic heterocycles. The van der Waals surface area contributed by atoms with E-state index in [9.17, 15) is 0 Å². The lowest BCUT2D eigenvalue weighted by Crippen LogP contribution is -2.17. The molecule has 1 fully saturated rings. The first kappa shape index (κ1) is 10.6. The van der Waals surface area contributed by atoms with Crippen LogP contribution in [0.3, 0.4) is 0 Å². The Balaban J connectivity index is 2.57. The van der Waals surface area contributed by atoms with Crippen LogP contribution >= 0.6 is 16.8 Å². The summed E-state index contributed by atoms with van der Waals surface area (Å²) in [6.07, 6.45) is 7.63. The fourth-order valence-corrected chi connectivity index (χ4v) is 6.69. The Morgan fingerprint density at radius 1 is 1.67 bits per heavy atom. The van der Waals surface area contributed by atoms with Crippen LogP contribution in [0.15, 0.2) is 0 Å². The zero-order chi connectivity index (χ0) is 9.19. The second-order valence-electron chi connectivity index (χ2n) is 3.16. The molecule has 0 amide bonds. The minimum absolute atomic E-state index is 0.464. The largest absolute Gasteiger partial charge is 0.273 e. The second kappa shape index (κ2) is 4.15. The molecule has 0 aliphatic carbocycles. The van der Waals surface area contributed by atoms with Crippen LogP contribution in [0.25, 0.3) is 0 Å². The van der Waals surface area contributed by atoms with Crippen molar-refractivity contribution in [1.29, 1.82) is 0 Å². The summed E-state index contributed by atoms with van der Waals surface area (Å²) in [5, 5.41) is -1.25. The number of rotatable bonds is 1. The molecule has 0 aromatic heterocycles. The van der Waals surface area contributed by atoms with Crippen LogP contribution in [0.1, 0.15) is 6.42 Å². The first-order chi connectivity index (χ1) is 5.58. The average molecular weight is 219 g/mol. The third-order valence-electron chi connectivity index (χ3n) is 2.08. The molecule has 0 aromatic carbocycles. The summed E-state index contributed by atoms with van der Waals surface area (Å²) in [6.45, 7) is 0. The van der Waals surface area contributed by atoms with Gasteiger partial charge in [0.2, 0.25) is 0 Å². The van der Waals surface area contributed by atoms with Crippen molar-refractivity contribution in [3.05, 3.63) is 0 Å². The number of hydrogen-bond acceptors (Lipinski definition) is 2. The summed E-state index contributed by atoms with van der Waals surface area (Å²) >= 11 is 7.53. The Labute approximate surface area is 84.1 Å². The first-order valence-corrected chi connectivity index (χ1v) is 8.49. The second-order valence-corrected chi connectivity index (χ2v) is 11.4. The molecular formula is C8H14NPS2. The normalized spacial score (nSPS) is 36.3. The van der Waals surface area contributed by atoms with E-state index in [1.54, 1.807) is 0 Å². The molecule has 1 saturated heterocycles. The van der Waals surface area contributed by atoms with Crippen LogP contribution in [0.2, 0.25) is 0 Å². The Hall–Kier alpha value is 0.520. The molecule has 0 spiro atoms. The van der Waals surface area contributed by atoms with Gasteiger partial charge >= 0.3 is 0 Å². The third kappa shape index (κ3) is 2.26. The first-order valence-electron chi connectivity index (χ1n) is 3.96. The third-order valence-corrected chi connectivity index (χ3v) is 10.7. The zero-order valence-electron chi connectivity index (χ0n) is 7.49. The van der Waals surface area contributed by atoms with Crippen LogP contribution in [0.5, 0.6) is 0 Å². The van der Waals surface area contributed by atoms with Gasteiger partial charge in [-0.15, -0.1) is 23.7 Å². The van der Waals surface area contributed by atoms with Crippen LogP contribution in [0.4, 0.5) is 0 Å². The average Bonchev–Trinajstić information content (AvgIpc) is 2.06. The van der Waals surface area contributed by atoms with Gasteiger partial charge in [-0.3, -0.25) is 4.67 Å². The SMILES string of the molecule is C#CC1CCP(=S)(N(C)C)SC1. The Bertz CT molecular complexity index is 232. The number of nitrogens with zero attached hydrogens (tertiary/aromatic N) is 1. The van der Waals surface area contributed by atoms with Crippen molar-refractivity contribution in [2.75, 3.05) is 26.0 Å². The van der Waals surface area contributed by atoms with Crippen molar-refractivity contribution >= 4 is 28.6 Å². The predicted molar refractivity (Wildman–Crippen MR) is 62.2 cm³/mol. The van der Waals surface area contributed by atoms with Crippen LogP contribution < -0.4 is 0 Å². The van der Waals surface area contributed by atoms with Crippen molar-refractivity contribution in [2.45, 2.75) is 6.42 Å². The van der Waals surface area contributed by atoms with Gasteiger partial charge in [-0.25, -0.2) is 0 Å². The van der Waals surface area contributed by atoms with Gasteiger partial charge in [0.05, 0.1) is 5.39 Å². The van der Waals surface area contributed by atoms with Crippen LogP contribution in [-0.2, 0) is 11.8 Å². The molecule has 2 unspecified atom stereocenters. The fourth-order valence-electron chi connectivity index (χ4n) is 1.12. The highest BCUT2D eigenvalue weighted by atomic mass is 32.9. The van der Waals surface area contributed by atoms with E-state index in [0.29, 0.717) is 5.92 Å². The Morgan fingerprint density at radius 2 is 2.33 bits per heavy atom. The van der Waals surface area contributed by atoms with Crippen molar-refractivity contribution < 1.29 is 0 Å². The molecule has 0 N–H and O–H groups in total. The van der Waals surface area contributed by atoms with Gasteiger partial charge < -0.3 is 0 Å². The van der Waals surface area contributed by atoms with E-state index in [2.05, 4.69) is 24.7 Å². The quantitative estimate of drug-likeness (QED) is 0.492. The van der Waals surface area contributed by atoms with Gasteiger partial charge in [-0.05, 0) is 26.7 Å². The summed E-state index contributed by atoms with van der Waals surface area (Å²) in [6, 6.07) is 0. The van der Waals surface area contributed by atoms with Crippen molar-refractivity contribution in [3.63, 3.8) is 0 Å². The summed E-state index contributed by atoms with van der Waals surface area (Å²) in [7, 11) is 4.17. The molecule has 12 heavy (non-hydrogen) atoms. The van der Waals surface area contributed by atoms with E-state index in [4.69, 9.17) is 18.2 Å². The minimum atomic E-state index is -1.25. The molecule has 4 heteroatoms. The van der Waals surface area contributed by atoms with Gasteiger partial charge in [-0.2, -0.15) is 0 Å². The zero-order valence-corrected chi connectivity index (χ0v) is 10.0. The molecule has 1 nitrogen and oxygen atoms in total. The maximum atomic E-state index is 5.61. The summed E-state index contributed by atoms with van der Waals surface area (Å²) in [5.41, 5.74) is 0. The van der Waals surface area contributed by atoms with E-state index in [0.717, 1.165) is 18.3 Å². The molecule has 68 valence electrons. The van der Waals surface area contributed by atoms with Gasteiger partial charge in [0.15, 0.2) is 0 Å². The highest BCUT2D eigenvalue weighted by molar-refractivity contribution is 8.70. The molecule has 1 heterocycles. The molecule has 0 bridgehead atoms. The molecular weight excluding hydrogens is 205 g/mol. The molecule has 0 saturated carbocycles. The van der Waals surface area contributed by atoms with E-state index >= 15 is 0 Å². The smallest absolute Gasteiger partial charge is 0.0665 e. The number of terminal acetylenes is 1. The van der Waals surface area contributed by atoms with Gasteiger partial charge in [-0.1, -0.05) is 11.8 Å². The topological polar surface area (TPSA) is 3.24 Å². The summed E-state index contributed by atoms with van der Waals surface area (Å²) < 4.78 is 2.22. The monoisotopic (exact) mass is 219 g/mol. The molecule has 2 atom stereocenters. The summed E-state index contributed by atoms with van der Waals surface area (Å²) in [5.74, 6) is 4.34. The van der Waals surface area contributed by atoms with Gasteiger partial charge in [0.1, 0.15) is 0 Å². The van der Waals surface area contributed by atoms with Crippen molar-refractivity contribution in [1.82, 2.24) is 4.67 Å². The minimum Gasteiger partial charge on any atom is -0.273 e.